The van der Waals surface area contributed by atoms with E-state index in [1.165, 1.54) is 0 Å². The van der Waals surface area contributed by atoms with Crippen LogP contribution in [0.25, 0.3) is 0 Å². The number of likely N-dealkylation sites (N-methyl/N-ethyl adjacent to an activating group) is 2. The molecule has 0 aromatic rings. The molecule has 0 N–H and O–H groups in total. The summed E-state index contributed by atoms with van der Waals surface area (Å²) in [7, 11) is 13.2. The van der Waals surface area contributed by atoms with Crippen molar-refractivity contribution in [2.24, 2.45) is 0 Å². The number of nitrogens with zero attached hydrogens (tertiary/aromatic N) is 2. The first-order valence-electron chi connectivity index (χ1n) is 5.75. The van der Waals surface area contributed by atoms with Gasteiger partial charge in [0.2, 0.25) is 0 Å². The third kappa shape index (κ3) is 6.13. The molecular formula is C12H30N2O+2. The molecule has 0 aliphatic carbocycles. The molecule has 15 heavy (non-hydrogen) atoms. The van der Waals surface area contributed by atoms with Crippen molar-refractivity contribution in [1.29, 1.82) is 0 Å². The summed E-state index contributed by atoms with van der Waals surface area (Å²) in [6, 6.07) is 1.09. The van der Waals surface area contributed by atoms with Gasteiger partial charge in [0.05, 0.1) is 55.5 Å². The van der Waals surface area contributed by atoms with E-state index in [1.54, 1.807) is 0 Å². The maximum absolute atomic E-state index is 5.78. The molecule has 0 aromatic carbocycles. The van der Waals surface area contributed by atoms with Gasteiger partial charge in [0.1, 0.15) is 12.1 Å². The fourth-order valence-corrected chi connectivity index (χ4v) is 0.856. The van der Waals surface area contributed by atoms with Gasteiger partial charge in [0, 0.05) is 0 Å². The fraction of sp³-hybridized carbons (Fsp3) is 1.00. The topological polar surface area (TPSA) is 9.23 Å². The second-order valence-electron chi connectivity index (χ2n) is 6.47. The summed E-state index contributed by atoms with van der Waals surface area (Å²) in [5, 5.41) is 0. The Morgan fingerprint density at radius 1 is 0.733 bits per heavy atom. The van der Waals surface area contributed by atoms with E-state index in [0.29, 0.717) is 12.1 Å². The minimum atomic E-state index is 0.546. The molecule has 0 rings (SSSR count). The third-order valence-corrected chi connectivity index (χ3v) is 3.36. The molecule has 92 valence electrons. The largest absolute Gasteiger partial charge is 0.369 e. The summed E-state index contributed by atoms with van der Waals surface area (Å²) in [5.41, 5.74) is 0. The summed E-state index contributed by atoms with van der Waals surface area (Å²) in [4.78, 5) is 0. The summed E-state index contributed by atoms with van der Waals surface area (Å²) in [5.74, 6) is 0. The number of ether oxygens (including phenoxy) is 1. The quantitative estimate of drug-likeness (QED) is 0.609. The maximum atomic E-state index is 5.78. The van der Waals surface area contributed by atoms with Crippen LogP contribution < -0.4 is 0 Å². The minimum absolute atomic E-state index is 0.546. The molecule has 0 amide bonds. The monoisotopic (exact) mass is 218 g/mol. The lowest BCUT2D eigenvalue weighted by molar-refractivity contribution is -0.898. The second-order valence-corrected chi connectivity index (χ2v) is 6.47. The Hall–Kier alpha value is -0.120. The van der Waals surface area contributed by atoms with Crippen LogP contribution in [-0.4, -0.2) is 76.5 Å². The van der Waals surface area contributed by atoms with Gasteiger partial charge in [-0.1, -0.05) is 0 Å². The van der Waals surface area contributed by atoms with Gasteiger partial charge in [0.15, 0.2) is 0 Å². The van der Waals surface area contributed by atoms with Crippen LogP contribution in [0.15, 0.2) is 0 Å². The van der Waals surface area contributed by atoms with Crippen molar-refractivity contribution in [3.8, 4) is 0 Å². The Balaban J connectivity index is 3.81. The fourth-order valence-electron chi connectivity index (χ4n) is 0.856. The number of quaternary nitrogens is 2. The summed E-state index contributed by atoms with van der Waals surface area (Å²) in [6.07, 6.45) is 0. The molecule has 0 aliphatic heterocycles. The lowest BCUT2D eigenvalue weighted by atomic mass is 10.3. The normalized spacial score (nSPS) is 17.6. The van der Waals surface area contributed by atoms with Gasteiger partial charge in [-0.2, -0.15) is 0 Å². The van der Waals surface area contributed by atoms with E-state index < -0.39 is 0 Å². The van der Waals surface area contributed by atoms with Gasteiger partial charge in [-0.25, -0.2) is 0 Å². The van der Waals surface area contributed by atoms with Crippen LogP contribution in [-0.2, 0) is 4.74 Å². The first-order chi connectivity index (χ1) is 6.55. The van der Waals surface area contributed by atoms with Crippen molar-refractivity contribution in [3.05, 3.63) is 0 Å². The standard InChI is InChI=1S/C12H30N2O/c1-11(13(3,4)5)9-15-10-12(2)14(6,7)8/h11-12H,9-10H2,1-8H3/q+2. The molecule has 2 atom stereocenters. The Morgan fingerprint density at radius 2 is 1.00 bits per heavy atom. The minimum Gasteiger partial charge on any atom is -0.369 e. The number of rotatable bonds is 6. The highest BCUT2D eigenvalue weighted by atomic mass is 16.5. The van der Waals surface area contributed by atoms with Crippen molar-refractivity contribution in [1.82, 2.24) is 0 Å². The number of hydrogen-bond acceptors (Lipinski definition) is 1. The van der Waals surface area contributed by atoms with Crippen molar-refractivity contribution in [2.45, 2.75) is 25.9 Å². The van der Waals surface area contributed by atoms with Crippen molar-refractivity contribution >= 4 is 0 Å². The molecule has 0 aliphatic rings. The van der Waals surface area contributed by atoms with Gasteiger partial charge in [-0.05, 0) is 13.8 Å². The van der Waals surface area contributed by atoms with Crippen molar-refractivity contribution in [2.75, 3.05) is 55.5 Å². The average molecular weight is 218 g/mol. The predicted molar refractivity (Wildman–Crippen MR) is 65.8 cm³/mol. The zero-order chi connectivity index (χ0) is 12.3. The van der Waals surface area contributed by atoms with Crippen molar-refractivity contribution in [3.63, 3.8) is 0 Å². The first-order valence-corrected chi connectivity index (χ1v) is 5.75. The lowest BCUT2D eigenvalue weighted by Crippen LogP contribution is -2.48. The average Bonchev–Trinajstić information content (AvgIpc) is 2.00. The van der Waals surface area contributed by atoms with E-state index in [1.807, 2.05) is 0 Å². The molecule has 0 spiro atoms. The van der Waals surface area contributed by atoms with Gasteiger partial charge >= 0.3 is 0 Å². The van der Waals surface area contributed by atoms with Gasteiger partial charge in [0.25, 0.3) is 0 Å². The van der Waals surface area contributed by atoms with E-state index >= 15 is 0 Å². The molecule has 0 fully saturated rings. The zero-order valence-corrected chi connectivity index (χ0v) is 11.9. The van der Waals surface area contributed by atoms with E-state index in [0.717, 1.165) is 22.2 Å². The summed E-state index contributed by atoms with van der Waals surface area (Å²) < 4.78 is 7.69. The lowest BCUT2D eigenvalue weighted by Gasteiger charge is -2.34. The molecule has 0 heterocycles. The van der Waals surface area contributed by atoms with Crippen LogP contribution in [0.5, 0.6) is 0 Å². The highest BCUT2D eigenvalue weighted by Gasteiger charge is 2.21. The molecule has 3 nitrogen and oxygen atoms in total. The smallest absolute Gasteiger partial charge is 0.109 e. The predicted octanol–water partition coefficient (Wildman–Crippen LogP) is 1.19. The van der Waals surface area contributed by atoms with Gasteiger partial charge in [-0.15, -0.1) is 0 Å². The van der Waals surface area contributed by atoms with Crippen LogP contribution in [0.2, 0.25) is 0 Å². The molecule has 3 heteroatoms. The molecule has 0 bridgehead atoms. The van der Waals surface area contributed by atoms with Crippen LogP contribution >= 0.6 is 0 Å². The molecule has 0 saturated heterocycles. The molecule has 2 unspecified atom stereocenters. The van der Waals surface area contributed by atoms with Gasteiger partial charge < -0.3 is 13.7 Å². The first kappa shape index (κ1) is 14.9. The number of hydrogen-bond donors (Lipinski definition) is 0. The summed E-state index contributed by atoms with van der Waals surface area (Å²) >= 11 is 0. The Morgan fingerprint density at radius 3 is 1.20 bits per heavy atom. The Labute approximate surface area is 95.8 Å². The van der Waals surface area contributed by atoms with Crippen LogP contribution in [0.3, 0.4) is 0 Å². The Bertz CT molecular complexity index is 159. The molecular weight excluding hydrogens is 188 g/mol. The van der Waals surface area contributed by atoms with E-state index in [-0.39, 0.29) is 0 Å². The second kappa shape index (κ2) is 5.28. The van der Waals surface area contributed by atoms with Gasteiger partial charge in [-0.3, -0.25) is 0 Å². The van der Waals surface area contributed by atoms with Crippen LogP contribution in [0.1, 0.15) is 13.8 Å². The van der Waals surface area contributed by atoms with Crippen molar-refractivity contribution < 1.29 is 13.7 Å². The molecule has 0 aromatic heterocycles. The maximum Gasteiger partial charge on any atom is 0.109 e. The van der Waals surface area contributed by atoms with Crippen LogP contribution in [0.4, 0.5) is 0 Å². The van der Waals surface area contributed by atoms with E-state index in [9.17, 15) is 0 Å². The third-order valence-electron chi connectivity index (χ3n) is 3.36. The highest BCUT2D eigenvalue weighted by Crippen LogP contribution is 2.05. The molecule has 0 radical (unpaired) electrons. The molecule has 0 saturated carbocycles. The Kier molecular flexibility index (Phi) is 5.24. The summed E-state index contributed by atoms with van der Waals surface area (Å²) in [6.45, 7) is 6.15. The van der Waals surface area contributed by atoms with E-state index in [4.69, 9.17) is 4.74 Å². The van der Waals surface area contributed by atoms with E-state index in [2.05, 4.69) is 56.1 Å². The van der Waals surface area contributed by atoms with Crippen LogP contribution in [0, 0.1) is 0 Å². The zero-order valence-electron chi connectivity index (χ0n) is 11.9. The highest BCUT2D eigenvalue weighted by molar-refractivity contribution is 4.50. The SMILES string of the molecule is CC(COCC(C)[N+](C)(C)C)[N+](C)(C)C.